The van der Waals surface area contributed by atoms with Crippen molar-refractivity contribution in [3.05, 3.63) is 35.4 Å². The van der Waals surface area contributed by atoms with E-state index in [1.54, 1.807) is 4.68 Å². The number of imidazole rings is 1. The number of nitrogens with one attached hydrogen (secondary N) is 1. The normalized spacial score (nSPS) is 19.5. The smallest absolute Gasteiger partial charge is 0.164 e. The Morgan fingerprint density at radius 1 is 1.35 bits per heavy atom. The second-order valence-electron chi connectivity index (χ2n) is 6.44. The average molecular weight is 311 g/mol. The van der Waals surface area contributed by atoms with Crippen LogP contribution < -0.4 is 0 Å². The summed E-state index contributed by atoms with van der Waals surface area (Å²) in [5.74, 6) is 2.45. The fraction of sp³-hybridized carbons (Fsp3) is 0.500. The molecule has 23 heavy (non-hydrogen) atoms. The number of aryl methyl sites for hydroxylation is 2. The minimum atomic E-state index is 0.442. The summed E-state index contributed by atoms with van der Waals surface area (Å²) in [6, 6.07) is 6.37. The zero-order valence-electron chi connectivity index (χ0n) is 13.5. The second kappa shape index (κ2) is 5.73. The molecule has 3 heterocycles. The summed E-state index contributed by atoms with van der Waals surface area (Å²) in [6.45, 7) is 4.98. The van der Waals surface area contributed by atoms with Crippen molar-refractivity contribution in [3.63, 3.8) is 0 Å². The van der Waals surface area contributed by atoms with Gasteiger partial charge in [-0.2, -0.15) is 0 Å². The van der Waals surface area contributed by atoms with Gasteiger partial charge in [0.1, 0.15) is 5.82 Å². The Kier molecular flexibility index (Phi) is 3.57. The minimum Gasteiger partial charge on any atom is -0.342 e. The summed E-state index contributed by atoms with van der Waals surface area (Å²) in [4.78, 5) is 10.7. The van der Waals surface area contributed by atoms with Gasteiger partial charge in [0.15, 0.2) is 5.82 Å². The SMILES string of the molecule is Cc1ccc2nc(C3CCCN(Cc4nnnn4C)C3)[nH]c2c1. The molecule has 2 aromatic heterocycles. The van der Waals surface area contributed by atoms with Gasteiger partial charge in [-0.1, -0.05) is 6.07 Å². The first-order chi connectivity index (χ1) is 11.2. The Balaban J connectivity index is 1.52. The molecule has 4 rings (SSSR count). The van der Waals surface area contributed by atoms with Crippen molar-refractivity contribution in [2.45, 2.75) is 32.2 Å². The molecule has 7 heteroatoms. The van der Waals surface area contributed by atoms with Crippen LogP contribution in [0.25, 0.3) is 11.0 Å². The lowest BCUT2D eigenvalue weighted by Gasteiger charge is -2.31. The number of aromatic nitrogens is 6. The highest BCUT2D eigenvalue weighted by Crippen LogP contribution is 2.27. The fourth-order valence-corrected chi connectivity index (χ4v) is 3.34. The lowest BCUT2D eigenvalue weighted by atomic mass is 9.97. The molecule has 1 aliphatic rings. The molecular weight excluding hydrogens is 290 g/mol. The number of nitrogens with zero attached hydrogens (tertiary/aromatic N) is 6. The Bertz CT molecular complexity index is 819. The van der Waals surface area contributed by atoms with Crippen molar-refractivity contribution in [3.8, 4) is 0 Å². The van der Waals surface area contributed by atoms with Crippen molar-refractivity contribution in [1.29, 1.82) is 0 Å². The van der Waals surface area contributed by atoms with Crippen LogP contribution in [0.4, 0.5) is 0 Å². The monoisotopic (exact) mass is 311 g/mol. The number of hydrogen-bond acceptors (Lipinski definition) is 5. The average Bonchev–Trinajstić information content (AvgIpc) is 3.14. The lowest BCUT2D eigenvalue weighted by molar-refractivity contribution is 0.190. The minimum absolute atomic E-state index is 0.442. The molecule has 1 atom stereocenters. The molecule has 0 spiro atoms. The van der Waals surface area contributed by atoms with Gasteiger partial charge < -0.3 is 4.98 Å². The number of H-pyrrole nitrogens is 1. The second-order valence-corrected chi connectivity index (χ2v) is 6.44. The molecule has 1 unspecified atom stereocenters. The van der Waals surface area contributed by atoms with E-state index < -0.39 is 0 Å². The van der Waals surface area contributed by atoms with E-state index in [0.29, 0.717) is 5.92 Å². The van der Waals surface area contributed by atoms with Gasteiger partial charge in [-0.05, 0) is 54.4 Å². The maximum absolute atomic E-state index is 4.80. The number of likely N-dealkylation sites (tertiary alicyclic amines) is 1. The Hall–Kier alpha value is -2.28. The maximum atomic E-state index is 4.80. The van der Waals surface area contributed by atoms with Crippen LogP contribution in [0.3, 0.4) is 0 Å². The molecule has 1 fully saturated rings. The highest BCUT2D eigenvalue weighted by molar-refractivity contribution is 5.75. The number of piperidine rings is 1. The fourth-order valence-electron chi connectivity index (χ4n) is 3.34. The van der Waals surface area contributed by atoms with E-state index in [1.165, 1.54) is 18.4 Å². The summed E-state index contributed by atoms with van der Waals surface area (Å²) in [6.07, 6.45) is 2.35. The van der Waals surface area contributed by atoms with Crippen LogP contribution in [0.1, 0.15) is 36.0 Å². The van der Waals surface area contributed by atoms with Gasteiger partial charge in [0.2, 0.25) is 0 Å². The molecule has 0 radical (unpaired) electrons. The molecule has 120 valence electrons. The van der Waals surface area contributed by atoms with E-state index in [4.69, 9.17) is 4.98 Å². The predicted octanol–water partition coefficient (Wildman–Crippen LogP) is 1.77. The standard InChI is InChI=1S/C16H21N7/c1-11-5-6-13-14(8-11)18-16(17-13)12-4-3-7-23(9-12)10-15-19-20-21-22(15)2/h5-6,8,12H,3-4,7,9-10H2,1-2H3,(H,17,18). The lowest BCUT2D eigenvalue weighted by Crippen LogP contribution is -2.35. The number of fused-ring (bicyclic) bond motifs is 1. The van der Waals surface area contributed by atoms with Gasteiger partial charge in [0, 0.05) is 19.5 Å². The van der Waals surface area contributed by atoms with E-state index >= 15 is 0 Å². The molecule has 1 aliphatic heterocycles. The van der Waals surface area contributed by atoms with Gasteiger partial charge in [-0.15, -0.1) is 5.10 Å². The summed E-state index contributed by atoms with van der Waals surface area (Å²) in [7, 11) is 1.89. The molecule has 7 nitrogen and oxygen atoms in total. The summed E-state index contributed by atoms with van der Waals surface area (Å²) < 4.78 is 1.74. The topological polar surface area (TPSA) is 75.5 Å². The van der Waals surface area contributed by atoms with Crippen LogP contribution >= 0.6 is 0 Å². The van der Waals surface area contributed by atoms with E-state index in [-0.39, 0.29) is 0 Å². The molecule has 1 aromatic carbocycles. The number of hydrogen-bond donors (Lipinski definition) is 1. The number of aromatic amines is 1. The first kappa shape index (κ1) is 14.3. The summed E-state index contributed by atoms with van der Waals surface area (Å²) in [5, 5.41) is 11.7. The summed E-state index contributed by atoms with van der Waals surface area (Å²) in [5.41, 5.74) is 3.45. The third kappa shape index (κ3) is 2.84. The van der Waals surface area contributed by atoms with Crippen LogP contribution in [0, 0.1) is 6.92 Å². The molecule has 0 bridgehead atoms. The molecular formula is C16H21N7. The van der Waals surface area contributed by atoms with Crippen molar-refractivity contribution in [2.75, 3.05) is 13.1 Å². The number of rotatable bonds is 3. The predicted molar refractivity (Wildman–Crippen MR) is 86.9 cm³/mol. The zero-order valence-corrected chi connectivity index (χ0v) is 13.5. The summed E-state index contributed by atoms with van der Waals surface area (Å²) >= 11 is 0. The molecule has 0 saturated carbocycles. The van der Waals surface area contributed by atoms with Gasteiger partial charge in [0.25, 0.3) is 0 Å². The maximum Gasteiger partial charge on any atom is 0.164 e. The van der Waals surface area contributed by atoms with Crippen molar-refractivity contribution in [2.24, 2.45) is 7.05 Å². The van der Waals surface area contributed by atoms with Gasteiger partial charge in [-0.3, -0.25) is 4.90 Å². The quantitative estimate of drug-likeness (QED) is 0.798. The molecule has 0 amide bonds. The Morgan fingerprint density at radius 2 is 2.26 bits per heavy atom. The number of benzene rings is 1. The Labute approximate surface area is 134 Å². The number of tetrazole rings is 1. The van der Waals surface area contributed by atoms with Gasteiger partial charge >= 0.3 is 0 Å². The van der Waals surface area contributed by atoms with E-state index in [2.05, 4.69) is 50.5 Å². The van der Waals surface area contributed by atoms with Gasteiger partial charge in [0.05, 0.1) is 17.6 Å². The van der Waals surface area contributed by atoms with E-state index in [1.807, 2.05) is 7.05 Å². The van der Waals surface area contributed by atoms with Crippen LogP contribution in [0.5, 0.6) is 0 Å². The third-order valence-corrected chi connectivity index (χ3v) is 4.62. The van der Waals surface area contributed by atoms with Crippen LogP contribution in [0.2, 0.25) is 0 Å². The van der Waals surface area contributed by atoms with Gasteiger partial charge in [-0.25, -0.2) is 9.67 Å². The first-order valence-corrected chi connectivity index (χ1v) is 8.09. The highest BCUT2D eigenvalue weighted by Gasteiger charge is 2.24. The molecule has 3 aromatic rings. The largest absolute Gasteiger partial charge is 0.342 e. The van der Waals surface area contributed by atoms with Crippen LogP contribution in [-0.4, -0.2) is 48.2 Å². The van der Waals surface area contributed by atoms with E-state index in [0.717, 1.165) is 42.3 Å². The van der Waals surface area contributed by atoms with Crippen LogP contribution in [-0.2, 0) is 13.6 Å². The molecule has 1 N–H and O–H groups in total. The molecule has 0 aliphatic carbocycles. The first-order valence-electron chi connectivity index (χ1n) is 8.09. The van der Waals surface area contributed by atoms with Crippen molar-refractivity contribution < 1.29 is 0 Å². The van der Waals surface area contributed by atoms with Crippen molar-refractivity contribution in [1.82, 2.24) is 35.1 Å². The highest BCUT2D eigenvalue weighted by atomic mass is 15.5. The third-order valence-electron chi connectivity index (χ3n) is 4.62. The van der Waals surface area contributed by atoms with Crippen molar-refractivity contribution >= 4 is 11.0 Å². The Morgan fingerprint density at radius 3 is 3.09 bits per heavy atom. The van der Waals surface area contributed by atoms with Crippen LogP contribution in [0.15, 0.2) is 18.2 Å². The van der Waals surface area contributed by atoms with E-state index in [9.17, 15) is 0 Å². The zero-order chi connectivity index (χ0) is 15.8. The molecule has 1 saturated heterocycles.